The summed E-state index contributed by atoms with van der Waals surface area (Å²) in [5.74, 6) is -2.11. The number of aryl methyl sites for hydroxylation is 1. The Kier molecular flexibility index (Phi) is 18.3. The van der Waals surface area contributed by atoms with Crippen molar-refractivity contribution < 1.29 is 37.9 Å². The number of amides is 3. The lowest BCUT2D eigenvalue weighted by Crippen LogP contribution is -2.18. The number of primary amides is 1. The van der Waals surface area contributed by atoms with Gasteiger partial charge in [-0.05, 0) is 93.6 Å². The van der Waals surface area contributed by atoms with Gasteiger partial charge in [0, 0.05) is 29.8 Å². The molecule has 0 fully saturated rings. The lowest BCUT2D eigenvalue weighted by Gasteiger charge is -2.14. The first-order valence-electron chi connectivity index (χ1n) is 18.8. The molecule has 2 heterocycles. The SMILES string of the molecule is CCOP(OCC)OCCCCc1ccc(NC(=O)c2ccccc2NC(=O)CCCC(=O)O)cc1.NC(=O)c1ccc(NCc2cnc3nc(N)[nH]c(=O)c3n2)cc1. The highest BCUT2D eigenvalue weighted by molar-refractivity contribution is 7.41. The Morgan fingerprint density at radius 1 is 0.831 bits per heavy atom. The number of nitrogens with zero attached hydrogens (tertiary/aromatic N) is 3. The number of benzene rings is 3. The van der Waals surface area contributed by atoms with Crippen molar-refractivity contribution in [2.24, 2.45) is 5.73 Å². The Labute approximate surface area is 341 Å². The van der Waals surface area contributed by atoms with E-state index in [9.17, 15) is 24.0 Å². The molecule has 3 aromatic carbocycles. The lowest BCUT2D eigenvalue weighted by atomic mass is 10.1. The number of H-pyrrole nitrogens is 1. The van der Waals surface area contributed by atoms with Gasteiger partial charge in [0.1, 0.15) is 0 Å². The number of fused-ring (bicyclic) bond motifs is 1. The summed E-state index contributed by atoms with van der Waals surface area (Å²) >= 11 is 0. The van der Waals surface area contributed by atoms with Crippen LogP contribution >= 0.6 is 8.60 Å². The third-order valence-corrected chi connectivity index (χ3v) is 9.44. The minimum atomic E-state index is -1.26. The first kappa shape index (κ1) is 45.4. The number of aromatic amines is 1. The van der Waals surface area contributed by atoms with Crippen LogP contribution in [-0.2, 0) is 36.1 Å². The second-order valence-corrected chi connectivity index (χ2v) is 13.8. The monoisotopic (exact) mass is 829 g/mol. The number of hydrogen-bond donors (Lipinski definition) is 7. The molecule has 59 heavy (non-hydrogen) atoms. The van der Waals surface area contributed by atoms with Crippen LogP contribution in [0.15, 0.2) is 83.8 Å². The van der Waals surface area contributed by atoms with Gasteiger partial charge in [-0.2, -0.15) is 4.98 Å². The lowest BCUT2D eigenvalue weighted by molar-refractivity contribution is -0.137. The molecule has 0 spiro atoms. The smallest absolute Gasteiger partial charge is 0.332 e. The number of carbonyl (C=O) groups excluding carboxylic acids is 3. The average Bonchev–Trinajstić information content (AvgIpc) is 3.21. The fourth-order valence-corrected chi connectivity index (χ4v) is 6.17. The fourth-order valence-electron chi connectivity index (χ4n) is 5.25. The van der Waals surface area contributed by atoms with Gasteiger partial charge in [-0.25, -0.2) is 9.97 Å². The van der Waals surface area contributed by atoms with E-state index in [1.54, 1.807) is 48.5 Å². The Morgan fingerprint density at radius 2 is 1.53 bits per heavy atom. The molecule has 5 rings (SSSR count). The van der Waals surface area contributed by atoms with Gasteiger partial charge in [-0.15, -0.1) is 0 Å². The average molecular weight is 830 g/mol. The number of anilines is 4. The predicted octanol–water partition coefficient (Wildman–Crippen LogP) is 5.78. The summed E-state index contributed by atoms with van der Waals surface area (Å²) in [6.45, 7) is 5.87. The minimum Gasteiger partial charge on any atom is -0.481 e. The Bertz CT molecular complexity index is 2220. The number of carboxylic acid groups (broad SMARTS) is 1. The number of aliphatic carboxylic acids is 1. The topological polar surface area (TPSA) is 276 Å². The van der Waals surface area contributed by atoms with Crippen LogP contribution in [0.1, 0.15) is 77.9 Å². The van der Waals surface area contributed by atoms with Gasteiger partial charge in [-0.1, -0.05) is 24.3 Å². The summed E-state index contributed by atoms with van der Waals surface area (Å²) in [7, 11) is -1.26. The zero-order valence-corrected chi connectivity index (χ0v) is 33.6. The summed E-state index contributed by atoms with van der Waals surface area (Å²) in [5, 5.41) is 17.4. The van der Waals surface area contributed by atoms with Crippen molar-refractivity contribution in [1.29, 1.82) is 0 Å². The van der Waals surface area contributed by atoms with E-state index in [0.29, 0.717) is 54.6 Å². The van der Waals surface area contributed by atoms with Crippen LogP contribution in [0.3, 0.4) is 0 Å². The van der Waals surface area contributed by atoms with Crippen LogP contribution in [0.5, 0.6) is 0 Å². The number of nitrogens with two attached hydrogens (primary N) is 2. The molecule has 3 amide bonds. The number of carboxylic acids is 1. The maximum Gasteiger partial charge on any atom is 0.332 e. The summed E-state index contributed by atoms with van der Waals surface area (Å²) in [5.41, 5.74) is 14.8. The van der Waals surface area contributed by atoms with Gasteiger partial charge >= 0.3 is 14.6 Å². The number of rotatable bonds is 21. The zero-order chi connectivity index (χ0) is 42.6. The van der Waals surface area contributed by atoms with E-state index < -0.39 is 26.0 Å². The number of nitrogen functional groups attached to an aromatic ring is 1. The van der Waals surface area contributed by atoms with Crippen molar-refractivity contribution in [3.8, 4) is 0 Å². The molecule has 5 aromatic rings. The molecular weight excluding hydrogens is 781 g/mol. The number of nitrogens with one attached hydrogen (secondary N) is 4. The molecule has 0 saturated heterocycles. The molecule has 0 aliphatic heterocycles. The van der Waals surface area contributed by atoms with Gasteiger partial charge in [0.25, 0.3) is 11.5 Å². The molecule has 2 aromatic heterocycles. The van der Waals surface area contributed by atoms with Gasteiger partial charge in [0.15, 0.2) is 11.2 Å². The van der Waals surface area contributed by atoms with Gasteiger partial charge in [0.05, 0.1) is 49.5 Å². The molecule has 18 nitrogen and oxygen atoms in total. The molecule has 0 saturated carbocycles. The maximum atomic E-state index is 12.8. The van der Waals surface area contributed by atoms with Gasteiger partial charge in [-0.3, -0.25) is 29.0 Å². The fraction of sp³-hybridized carbons (Fsp3) is 0.300. The number of carbonyl (C=O) groups is 4. The molecule has 9 N–H and O–H groups in total. The Balaban J connectivity index is 0.000000286. The Hall–Kier alpha value is -6.33. The summed E-state index contributed by atoms with van der Waals surface area (Å²) in [6, 6.07) is 21.0. The number of unbranched alkanes of at least 4 members (excludes halogenated alkanes) is 1. The Morgan fingerprint density at radius 3 is 2.20 bits per heavy atom. The van der Waals surface area contributed by atoms with E-state index in [4.69, 9.17) is 30.1 Å². The normalized spacial score (nSPS) is 10.8. The molecule has 19 heteroatoms. The van der Waals surface area contributed by atoms with Crippen LogP contribution in [0.4, 0.5) is 23.0 Å². The molecule has 0 aliphatic carbocycles. The van der Waals surface area contributed by atoms with E-state index in [1.807, 2.05) is 38.1 Å². The molecular formula is C40H48N9O9P. The van der Waals surface area contributed by atoms with E-state index in [-0.39, 0.29) is 48.2 Å². The first-order chi connectivity index (χ1) is 28.4. The van der Waals surface area contributed by atoms with Crippen molar-refractivity contribution in [3.05, 3.63) is 112 Å². The quantitative estimate of drug-likeness (QED) is 0.0341. The van der Waals surface area contributed by atoms with Crippen molar-refractivity contribution in [2.45, 2.75) is 58.9 Å². The minimum absolute atomic E-state index is 0.00258. The molecule has 0 aliphatic rings. The van der Waals surface area contributed by atoms with Crippen molar-refractivity contribution in [1.82, 2.24) is 19.9 Å². The third-order valence-electron chi connectivity index (χ3n) is 8.11. The summed E-state index contributed by atoms with van der Waals surface area (Å²) in [4.78, 5) is 72.9. The van der Waals surface area contributed by atoms with E-state index in [2.05, 4.69) is 35.9 Å². The van der Waals surface area contributed by atoms with Crippen molar-refractivity contribution in [2.75, 3.05) is 41.5 Å². The molecule has 0 bridgehead atoms. The second-order valence-electron chi connectivity index (χ2n) is 12.6. The third kappa shape index (κ3) is 15.5. The molecule has 0 unspecified atom stereocenters. The first-order valence-corrected chi connectivity index (χ1v) is 19.9. The molecule has 0 radical (unpaired) electrons. The van der Waals surface area contributed by atoms with Gasteiger partial charge in [0.2, 0.25) is 17.8 Å². The van der Waals surface area contributed by atoms with E-state index in [1.165, 1.54) is 6.20 Å². The standard InChI is InChI=1S/C26H35N2O7P.C14H13N7O2/c1-3-33-36(34-4-2)35-19-8-7-10-20-15-17-21(18-16-20)27-26(32)22-11-5-6-12-23(22)28-24(29)13-9-14-25(30)31;15-11(22)7-1-3-8(4-2-7)17-5-9-6-18-12-10(19-9)13(23)21-14(16)20-12/h5-6,11-12,15-18H,3-4,7-10,13-14,19H2,1-2H3,(H,27,32)(H,28,29)(H,30,31);1-4,6,17H,5H2,(H2,15,22)(H3,16,18,20,21,23). The predicted molar refractivity (Wildman–Crippen MR) is 225 cm³/mol. The van der Waals surface area contributed by atoms with Crippen LogP contribution < -0.4 is 33.0 Å². The summed E-state index contributed by atoms with van der Waals surface area (Å²) in [6.07, 6.45) is 4.45. The summed E-state index contributed by atoms with van der Waals surface area (Å²) < 4.78 is 16.5. The highest BCUT2D eigenvalue weighted by Gasteiger charge is 2.15. The highest BCUT2D eigenvalue weighted by atomic mass is 31.2. The van der Waals surface area contributed by atoms with Crippen molar-refractivity contribution in [3.63, 3.8) is 0 Å². The van der Waals surface area contributed by atoms with E-state index in [0.717, 1.165) is 30.5 Å². The zero-order valence-electron chi connectivity index (χ0n) is 32.7. The highest BCUT2D eigenvalue weighted by Crippen LogP contribution is 2.39. The number of aromatic nitrogens is 4. The maximum absolute atomic E-state index is 12.8. The number of hydrogen-bond acceptors (Lipinski definition) is 13. The van der Waals surface area contributed by atoms with Crippen LogP contribution in [0.25, 0.3) is 11.2 Å². The van der Waals surface area contributed by atoms with Crippen LogP contribution in [-0.4, -0.2) is 68.6 Å². The second kappa shape index (κ2) is 23.8. The van der Waals surface area contributed by atoms with Crippen LogP contribution in [0, 0.1) is 0 Å². The molecule has 312 valence electrons. The van der Waals surface area contributed by atoms with Gasteiger partial charge < -0.3 is 46.1 Å². The van der Waals surface area contributed by atoms with Crippen LogP contribution in [0.2, 0.25) is 0 Å². The number of para-hydroxylation sites is 1. The molecule has 0 atom stereocenters. The van der Waals surface area contributed by atoms with Crippen molar-refractivity contribution >= 4 is 66.5 Å². The van der Waals surface area contributed by atoms with E-state index >= 15 is 0 Å². The largest absolute Gasteiger partial charge is 0.481 e.